The number of carbonyl (C=O) groups is 2. The predicted molar refractivity (Wildman–Crippen MR) is 79.2 cm³/mol. The molecular formula is C15H10ClNO5. The van der Waals surface area contributed by atoms with Crippen molar-refractivity contribution in [3.63, 3.8) is 0 Å². The van der Waals surface area contributed by atoms with Gasteiger partial charge in [0.2, 0.25) is 5.78 Å². The van der Waals surface area contributed by atoms with Crippen molar-refractivity contribution in [2.45, 2.75) is 0 Å². The molecule has 0 aliphatic heterocycles. The van der Waals surface area contributed by atoms with Gasteiger partial charge in [-0.1, -0.05) is 29.8 Å². The number of halogens is 1. The summed E-state index contributed by atoms with van der Waals surface area (Å²) in [5.41, 5.74) is 0.124. The third-order valence-corrected chi connectivity index (χ3v) is 3.01. The van der Waals surface area contributed by atoms with Crippen molar-refractivity contribution < 1.29 is 19.2 Å². The van der Waals surface area contributed by atoms with Crippen LogP contribution < -0.4 is 0 Å². The number of hydrogen-bond acceptors (Lipinski definition) is 5. The molecule has 0 aliphatic carbocycles. The third kappa shape index (κ3) is 3.89. The summed E-state index contributed by atoms with van der Waals surface area (Å²) in [6.07, 6.45) is 0. The van der Waals surface area contributed by atoms with E-state index in [1.807, 2.05) is 0 Å². The summed E-state index contributed by atoms with van der Waals surface area (Å²) >= 11 is 5.76. The van der Waals surface area contributed by atoms with Crippen LogP contribution in [-0.2, 0) is 4.74 Å². The van der Waals surface area contributed by atoms with E-state index in [9.17, 15) is 19.7 Å². The fourth-order valence-corrected chi connectivity index (χ4v) is 1.90. The number of hydrogen-bond donors (Lipinski definition) is 0. The van der Waals surface area contributed by atoms with Crippen LogP contribution in [0.25, 0.3) is 0 Å². The molecule has 0 bridgehead atoms. The molecule has 0 saturated carbocycles. The van der Waals surface area contributed by atoms with Crippen molar-refractivity contribution >= 4 is 29.0 Å². The first kappa shape index (κ1) is 15.7. The minimum Gasteiger partial charge on any atom is -0.454 e. The average molecular weight is 320 g/mol. The summed E-state index contributed by atoms with van der Waals surface area (Å²) in [5, 5.41) is 11.0. The lowest BCUT2D eigenvalue weighted by Crippen LogP contribution is -2.14. The lowest BCUT2D eigenvalue weighted by molar-refractivity contribution is -0.384. The number of ether oxygens (including phenoxy) is 1. The second kappa shape index (κ2) is 6.82. The van der Waals surface area contributed by atoms with E-state index in [0.29, 0.717) is 5.02 Å². The molecule has 0 heterocycles. The normalized spacial score (nSPS) is 10.0. The monoisotopic (exact) mass is 319 g/mol. The van der Waals surface area contributed by atoms with Gasteiger partial charge in [0.05, 0.1) is 10.5 Å². The summed E-state index contributed by atoms with van der Waals surface area (Å²) in [6, 6.07) is 11.3. The standard InChI is InChI=1S/C15H10ClNO5/c16-12-5-1-4-11(7-12)15(19)22-9-14(18)10-3-2-6-13(8-10)17(20)21/h1-8H,9H2. The second-order valence-electron chi connectivity index (χ2n) is 4.32. The zero-order valence-electron chi connectivity index (χ0n) is 11.2. The number of carbonyl (C=O) groups excluding carboxylic acids is 2. The average Bonchev–Trinajstić information content (AvgIpc) is 2.52. The van der Waals surface area contributed by atoms with Gasteiger partial charge in [0.15, 0.2) is 6.61 Å². The fraction of sp³-hybridized carbons (Fsp3) is 0.0667. The molecule has 2 aromatic rings. The Balaban J connectivity index is 2.02. The van der Waals surface area contributed by atoms with Crippen molar-refractivity contribution in [1.82, 2.24) is 0 Å². The van der Waals surface area contributed by atoms with Crippen LogP contribution >= 0.6 is 11.6 Å². The molecule has 0 N–H and O–H groups in total. The molecule has 0 spiro atoms. The maximum Gasteiger partial charge on any atom is 0.338 e. The molecular weight excluding hydrogens is 310 g/mol. The number of ketones is 1. The van der Waals surface area contributed by atoms with Gasteiger partial charge in [0.25, 0.3) is 5.69 Å². The zero-order valence-corrected chi connectivity index (χ0v) is 11.9. The van der Waals surface area contributed by atoms with Gasteiger partial charge in [-0.25, -0.2) is 4.79 Å². The van der Waals surface area contributed by atoms with E-state index in [0.717, 1.165) is 6.07 Å². The Morgan fingerprint density at radius 2 is 1.77 bits per heavy atom. The van der Waals surface area contributed by atoms with Gasteiger partial charge in [-0.15, -0.1) is 0 Å². The minimum atomic E-state index is -0.693. The minimum absolute atomic E-state index is 0.105. The molecule has 7 heteroatoms. The van der Waals surface area contributed by atoms with Gasteiger partial charge in [-0.2, -0.15) is 0 Å². The Morgan fingerprint density at radius 1 is 1.09 bits per heavy atom. The highest BCUT2D eigenvalue weighted by atomic mass is 35.5. The first-order chi connectivity index (χ1) is 10.5. The molecule has 2 aromatic carbocycles. The Morgan fingerprint density at radius 3 is 2.45 bits per heavy atom. The van der Waals surface area contributed by atoms with E-state index in [-0.39, 0.29) is 16.8 Å². The van der Waals surface area contributed by atoms with Gasteiger partial charge < -0.3 is 4.74 Å². The van der Waals surface area contributed by atoms with E-state index in [1.165, 1.54) is 30.3 Å². The van der Waals surface area contributed by atoms with Gasteiger partial charge in [-0.3, -0.25) is 14.9 Å². The largest absolute Gasteiger partial charge is 0.454 e. The van der Waals surface area contributed by atoms with Crippen LogP contribution in [0, 0.1) is 10.1 Å². The number of esters is 1. The number of non-ortho nitro benzene ring substituents is 1. The molecule has 0 aromatic heterocycles. The van der Waals surface area contributed by atoms with Crippen molar-refractivity contribution in [2.24, 2.45) is 0 Å². The van der Waals surface area contributed by atoms with Crippen LogP contribution in [0.4, 0.5) is 5.69 Å². The lowest BCUT2D eigenvalue weighted by atomic mass is 10.1. The summed E-state index contributed by atoms with van der Waals surface area (Å²) < 4.78 is 4.88. The fourth-order valence-electron chi connectivity index (χ4n) is 1.71. The lowest BCUT2D eigenvalue weighted by Gasteiger charge is -2.04. The Bertz CT molecular complexity index is 744. The Hall–Kier alpha value is -2.73. The predicted octanol–water partition coefficient (Wildman–Crippen LogP) is 3.29. The quantitative estimate of drug-likeness (QED) is 0.365. The number of Topliss-reactive ketones (excluding diaryl/α,β-unsaturated/α-hetero) is 1. The number of nitro groups is 1. The topological polar surface area (TPSA) is 86.5 Å². The smallest absolute Gasteiger partial charge is 0.338 e. The summed E-state index contributed by atoms with van der Waals surface area (Å²) in [4.78, 5) is 33.7. The van der Waals surface area contributed by atoms with Gasteiger partial charge >= 0.3 is 5.97 Å². The Kier molecular flexibility index (Phi) is 4.85. The van der Waals surface area contributed by atoms with Gasteiger partial charge in [-0.05, 0) is 18.2 Å². The zero-order chi connectivity index (χ0) is 16.1. The van der Waals surface area contributed by atoms with Crippen LogP contribution in [0.15, 0.2) is 48.5 Å². The molecule has 0 amide bonds. The number of nitrogens with zero attached hydrogens (tertiary/aromatic N) is 1. The Labute approximate surface area is 130 Å². The number of rotatable bonds is 5. The van der Waals surface area contributed by atoms with Gasteiger partial charge in [0.1, 0.15) is 0 Å². The maximum absolute atomic E-state index is 11.9. The molecule has 0 radical (unpaired) electrons. The molecule has 0 unspecified atom stereocenters. The number of nitro benzene ring substituents is 1. The molecule has 0 aliphatic rings. The highest BCUT2D eigenvalue weighted by Crippen LogP contribution is 2.15. The molecule has 112 valence electrons. The summed E-state index contributed by atoms with van der Waals surface area (Å²) in [5.74, 6) is -1.22. The van der Waals surface area contributed by atoms with Crippen molar-refractivity contribution in [1.29, 1.82) is 0 Å². The maximum atomic E-state index is 11.9. The molecule has 22 heavy (non-hydrogen) atoms. The van der Waals surface area contributed by atoms with E-state index >= 15 is 0 Å². The van der Waals surface area contributed by atoms with Crippen LogP contribution in [0.1, 0.15) is 20.7 Å². The summed E-state index contributed by atoms with van der Waals surface area (Å²) in [7, 11) is 0. The molecule has 0 saturated heterocycles. The first-order valence-electron chi connectivity index (χ1n) is 6.18. The van der Waals surface area contributed by atoms with Crippen LogP contribution in [-0.4, -0.2) is 23.3 Å². The van der Waals surface area contributed by atoms with Crippen molar-refractivity contribution in [3.05, 3.63) is 74.8 Å². The highest BCUT2D eigenvalue weighted by Gasteiger charge is 2.14. The first-order valence-corrected chi connectivity index (χ1v) is 6.55. The highest BCUT2D eigenvalue weighted by molar-refractivity contribution is 6.30. The molecule has 6 nitrogen and oxygen atoms in total. The molecule has 0 atom stereocenters. The van der Waals surface area contributed by atoms with E-state index in [2.05, 4.69) is 0 Å². The van der Waals surface area contributed by atoms with Crippen LogP contribution in [0.3, 0.4) is 0 Å². The van der Waals surface area contributed by atoms with Crippen molar-refractivity contribution in [3.8, 4) is 0 Å². The molecule has 2 rings (SSSR count). The van der Waals surface area contributed by atoms with Crippen molar-refractivity contribution in [2.75, 3.05) is 6.61 Å². The third-order valence-electron chi connectivity index (χ3n) is 2.77. The van der Waals surface area contributed by atoms with Crippen LogP contribution in [0.5, 0.6) is 0 Å². The second-order valence-corrected chi connectivity index (χ2v) is 4.75. The summed E-state index contributed by atoms with van der Waals surface area (Å²) in [6.45, 7) is -0.507. The number of benzene rings is 2. The SMILES string of the molecule is O=C(COC(=O)c1cccc(Cl)c1)c1cccc([N+](=O)[O-])c1. The van der Waals surface area contributed by atoms with E-state index in [4.69, 9.17) is 16.3 Å². The van der Waals surface area contributed by atoms with Crippen LogP contribution in [0.2, 0.25) is 5.02 Å². The van der Waals surface area contributed by atoms with E-state index < -0.39 is 23.3 Å². The molecule has 0 fully saturated rings. The van der Waals surface area contributed by atoms with E-state index in [1.54, 1.807) is 12.1 Å². The van der Waals surface area contributed by atoms with Gasteiger partial charge in [0, 0.05) is 22.7 Å².